The Kier molecular flexibility index (Phi) is 8.04. The summed E-state index contributed by atoms with van der Waals surface area (Å²) in [5.41, 5.74) is 2.04. The molecule has 0 aliphatic rings. The van der Waals surface area contributed by atoms with Crippen molar-refractivity contribution < 1.29 is 0 Å². The Bertz CT molecular complexity index is 324. The van der Waals surface area contributed by atoms with Crippen LogP contribution < -0.4 is 0 Å². The highest BCUT2D eigenvalue weighted by Gasteiger charge is 2.13. The monoisotopic (exact) mass is 302 g/mol. The van der Waals surface area contributed by atoms with E-state index in [1.54, 1.807) is 0 Å². The van der Waals surface area contributed by atoms with Crippen molar-refractivity contribution in [2.75, 3.05) is 0 Å². The first-order valence-electron chi connectivity index (χ1n) is 7.03. The van der Waals surface area contributed by atoms with Gasteiger partial charge >= 0.3 is 0 Å². The summed E-state index contributed by atoms with van der Waals surface area (Å²) >= 11 is 12.4. The Hall–Kier alpha value is 0.0169. The van der Waals surface area contributed by atoms with Gasteiger partial charge in [0, 0.05) is 19.5 Å². The SMILES string of the molecule is CCCCCCC(Cl)[SiH2]C(C)c1ccc(Cl)cc1. The van der Waals surface area contributed by atoms with Gasteiger partial charge in [-0.3, -0.25) is 0 Å². The van der Waals surface area contributed by atoms with Crippen LogP contribution in [0.3, 0.4) is 0 Å². The molecule has 1 rings (SSSR count). The molecule has 2 unspecified atom stereocenters. The second-order valence-electron chi connectivity index (χ2n) is 5.13. The topological polar surface area (TPSA) is 0 Å². The Morgan fingerprint density at radius 2 is 1.78 bits per heavy atom. The number of benzene rings is 1. The quantitative estimate of drug-likeness (QED) is 0.356. The Morgan fingerprint density at radius 3 is 2.39 bits per heavy atom. The fraction of sp³-hybridized carbons (Fsp3) is 0.600. The van der Waals surface area contributed by atoms with E-state index < -0.39 is 0 Å². The van der Waals surface area contributed by atoms with E-state index >= 15 is 0 Å². The maximum atomic E-state index is 6.47. The molecule has 0 bridgehead atoms. The number of hydrogen-bond acceptors (Lipinski definition) is 0. The summed E-state index contributed by atoms with van der Waals surface area (Å²) in [6.07, 6.45) is 6.47. The molecule has 18 heavy (non-hydrogen) atoms. The van der Waals surface area contributed by atoms with Crippen LogP contribution in [0, 0.1) is 0 Å². The summed E-state index contributed by atoms with van der Waals surface area (Å²) in [7, 11) is -0.262. The molecular formula is C15H24Cl2Si. The summed E-state index contributed by atoms with van der Waals surface area (Å²) in [6.45, 7) is 4.55. The second-order valence-corrected chi connectivity index (χ2v) is 9.39. The van der Waals surface area contributed by atoms with Gasteiger partial charge in [-0.1, -0.05) is 63.3 Å². The maximum Gasteiger partial charge on any atom is 0.0498 e. The van der Waals surface area contributed by atoms with Gasteiger partial charge in [-0.2, -0.15) is 0 Å². The lowest BCUT2D eigenvalue weighted by Crippen LogP contribution is -2.16. The summed E-state index contributed by atoms with van der Waals surface area (Å²) in [5, 5.41) is 1.25. The van der Waals surface area contributed by atoms with Crippen LogP contribution >= 0.6 is 23.2 Å². The highest BCUT2D eigenvalue weighted by molar-refractivity contribution is 6.54. The first-order valence-corrected chi connectivity index (χ1v) is 9.47. The molecule has 3 heteroatoms. The maximum absolute atomic E-state index is 6.47. The van der Waals surface area contributed by atoms with Gasteiger partial charge in [0.05, 0.1) is 0 Å². The van der Waals surface area contributed by atoms with Crippen molar-refractivity contribution in [1.29, 1.82) is 0 Å². The molecular weight excluding hydrogens is 279 g/mol. The zero-order chi connectivity index (χ0) is 13.4. The minimum Gasteiger partial charge on any atom is -0.127 e. The minimum atomic E-state index is -0.262. The van der Waals surface area contributed by atoms with Crippen molar-refractivity contribution in [2.45, 2.75) is 56.5 Å². The van der Waals surface area contributed by atoms with Crippen LogP contribution in [0.4, 0.5) is 0 Å². The molecule has 0 fully saturated rings. The van der Waals surface area contributed by atoms with Gasteiger partial charge in [0.1, 0.15) is 0 Å². The molecule has 0 aliphatic heterocycles. The lowest BCUT2D eigenvalue weighted by atomic mass is 10.2. The lowest BCUT2D eigenvalue weighted by Gasteiger charge is -2.15. The van der Waals surface area contributed by atoms with E-state index in [2.05, 4.69) is 26.0 Å². The molecule has 0 aliphatic carbocycles. The van der Waals surface area contributed by atoms with Crippen LogP contribution in [0.1, 0.15) is 57.1 Å². The molecule has 0 nitrogen and oxygen atoms in total. The van der Waals surface area contributed by atoms with E-state index in [0.29, 0.717) is 10.5 Å². The fourth-order valence-corrected chi connectivity index (χ4v) is 5.14. The number of alkyl halides is 1. The van der Waals surface area contributed by atoms with E-state index in [1.165, 1.54) is 37.7 Å². The Labute approximate surface area is 124 Å². The smallest absolute Gasteiger partial charge is 0.0498 e. The van der Waals surface area contributed by atoms with Gasteiger partial charge in [0.2, 0.25) is 0 Å². The zero-order valence-corrected chi connectivity index (χ0v) is 14.4. The third kappa shape index (κ3) is 6.26. The lowest BCUT2D eigenvalue weighted by molar-refractivity contribution is 0.647. The Morgan fingerprint density at radius 1 is 1.11 bits per heavy atom. The van der Waals surface area contributed by atoms with Crippen LogP contribution in [0.5, 0.6) is 0 Å². The van der Waals surface area contributed by atoms with Crippen molar-refractivity contribution in [3.05, 3.63) is 34.9 Å². The van der Waals surface area contributed by atoms with E-state index in [9.17, 15) is 0 Å². The van der Waals surface area contributed by atoms with Gasteiger partial charge in [-0.25, -0.2) is 0 Å². The van der Waals surface area contributed by atoms with Gasteiger partial charge in [-0.05, 0) is 29.7 Å². The molecule has 1 aromatic carbocycles. The zero-order valence-electron chi connectivity index (χ0n) is 11.5. The normalized spacial score (nSPS) is 15.1. The van der Waals surface area contributed by atoms with Crippen molar-refractivity contribution in [3.63, 3.8) is 0 Å². The molecule has 0 saturated heterocycles. The largest absolute Gasteiger partial charge is 0.127 e. The number of halogens is 2. The van der Waals surface area contributed by atoms with E-state index in [4.69, 9.17) is 23.2 Å². The van der Waals surface area contributed by atoms with Gasteiger partial charge in [0.15, 0.2) is 0 Å². The van der Waals surface area contributed by atoms with E-state index in [-0.39, 0.29) is 9.52 Å². The van der Waals surface area contributed by atoms with Gasteiger partial charge in [0.25, 0.3) is 0 Å². The first kappa shape index (κ1) is 16.1. The molecule has 0 heterocycles. The summed E-state index contributed by atoms with van der Waals surface area (Å²) < 4.78 is 0. The summed E-state index contributed by atoms with van der Waals surface area (Å²) in [6, 6.07) is 8.24. The van der Waals surface area contributed by atoms with E-state index in [0.717, 1.165) is 5.02 Å². The number of rotatable bonds is 8. The predicted octanol–water partition coefficient (Wildman–Crippen LogP) is 5.11. The standard InChI is InChI=1S/C15H24Cl2Si/c1-3-4-5-6-7-15(17)18-12(2)13-8-10-14(16)11-9-13/h8-12,15H,3-7,18H2,1-2H3. The minimum absolute atomic E-state index is 0.262. The van der Waals surface area contributed by atoms with Gasteiger partial charge < -0.3 is 0 Å². The van der Waals surface area contributed by atoms with Crippen molar-refractivity contribution in [1.82, 2.24) is 0 Å². The van der Waals surface area contributed by atoms with Crippen LogP contribution in [0.15, 0.2) is 24.3 Å². The molecule has 0 saturated carbocycles. The van der Waals surface area contributed by atoms with Crippen molar-refractivity contribution in [3.8, 4) is 0 Å². The van der Waals surface area contributed by atoms with Gasteiger partial charge in [-0.15, -0.1) is 11.6 Å². The summed E-state index contributed by atoms with van der Waals surface area (Å²) in [4.78, 5) is 0. The van der Waals surface area contributed by atoms with Crippen molar-refractivity contribution in [2.24, 2.45) is 0 Å². The predicted molar refractivity (Wildman–Crippen MR) is 86.8 cm³/mol. The third-order valence-corrected chi connectivity index (χ3v) is 6.52. The summed E-state index contributed by atoms with van der Waals surface area (Å²) in [5.74, 6) is 0. The molecule has 1 aromatic rings. The highest BCUT2D eigenvalue weighted by Crippen LogP contribution is 2.20. The first-order chi connectivity index (χ1) is 8.63. The van der Waals surface area contributed by atoms with Crippen LogP contribution in [-0.4, -0.2) is 14.5 Å². The fourth-order valence-electron chi connectivity index (χ4n) is 2.22. The van der Waals surface area contributed by atoms with Crippen LogP contribution in [0.2, 0.25) is 5.02 Å². The molecule has 0 amide bonds. The molecule has 0 N–H and O–H groups in total. The second kappa shape index (κ2) is 9.01. The molecule has 0 radical (unpaired) electrons. The van der Waals surface area contributed by atoms with Crippen LogP contribution in [-0.2, 0) is 0 Å². The molecule has 0 spiro atoms. The van der Waals surface area contributed by atoms with Crippen LogP contribution in [0.25, 0.3) is 0 Å². The average molecular weight is 303 g/mol. The van der Waals surface area contributed by atoms with Crippen molar-refractivity contribution >= 4 is 32.7 Å². The highest BCUT2D eigenvalue weighted by atomic mass is 35.5. The Balaban J connectivity index is 2.30. The molecule has 2 atom stereocenters. The van der Waals surface area contributed by atoms with E-state index in [1.807, 2.05) is 12.1 Å². The average Bonchev–Trinajstić information content (AvgIpc) is 2.35. The molecule has 102 valence electrons. The number of unbranched alkanes of at least 4 members (excludes halogenated alkanes) is 3. The third-order valence-electron chi connectivity index (χ3n) is 3.42. The molecule has 0 aromatic heterocycles. The number of hydrogen-bond donors (Lipinski definition) is 0.